The third kappa shape index (κ3) is 3.05. The van der Waals surface area contributed by atoms with Gasteiger partial charge in [0.05, 0.1) is 12.3 Å². The summed E-state index contributed by atoms with van der Waals surface area (Å²) in [5.74, 6) is 0. The van der Waals surface area contributed by atoms with E-state index in [9.17, 15) is 0 Å². The maximum Gasteiger partial charge on any atom is 0.137 e. The van der Waals surface area contributed by atoms with Crippen LogP contribution < -0.4 is 5.32 Å². The van der Waals surface area contributed by atoms with E-state index in [1.807, 2.05) is 35.0 Å². The smallest absolute Gasteiger partial charge is 0.137 e. The Bertz CT molecular complexity index is 457. The molecule has 0 aliphatic rings. The van der Waals surface area contributed by atoms with E-state index in [1.165, 1.54) is 0 Å². The molecule has 2 aromatic rings. The van der Waals surface area contributed by atoms with Crippen molar-refractivity contribution in [2.45, 2.75) is 25.9 Å². The van der Waals surface area contributed by atoms with Crippen LogP contribution in [0, 0.1) is 0 Å². The summed E-state index contributed by atoms with van der Waals surface area (Å²) < 4.78 is 7.19. The van der Waals surface area contributed by atoms with Crippen LogP contribution in [0.3, 0.4) is 0 Å². The Kier molecular flexibility index (Phi) is 3.45. The van der Waals surface area contributed by atoms with Crippen molar-refractivity contribution in [3.8, 4) is 0 Å². The highest BCUT2D eigenvalue weighted by Gasteiger charge is 2.16. The van der Waals surface area contributed by atoms with Gasteiger partial charge in [-0.2, -0.15) is 0 Å². The number of pyridine rings is 1. The molecule has 0 aliphatic heterocycles. The molecule has 0 spiro atoms. The van der Waals surface area contributed by atoms with Gasteiger partial charge in [-0.05, 0) is 26.0 Å². The molecule has 2 rings (SSSR count). The summed E-state index contributed by atoms with van der Waals surface area (Å²) in [5, 5.41) is 3.44. The number of ether oxygens (including phenoxy) is 1. The highest BCUT2D eigenvalue weighted by atomic mass is 16.5. The van der Waals surface area contributed by atoms with Crippen LogP contribution in [-0.2, 0) is 11.3 Å². The number of aromatic nitrogens is 2. The molecule has 4 heteroatoms. The van der Waals surface area contributed by atoms with Crippen LogP contribution in [0.2, 0.25) is 0 Å². The number of nitrogens with zero attached hydrogens (tertiary/aromatic N) is 2. The predicted octanol–water partition coefficient (Wildman–Crippen LogP) is 1.85. The van der Waals surface area contributed by atoms with E-state index in [4.69, 9.17) is 4.74 Å². The van der Waals surface area contributed by atoms with Gasteiger partial charge in [0.25, 0.3) is 0 Å². The summed E-state index contributed by atoms with van der Waals surface area (Å²) in [4.78, 5) is 4.54. The van der Waals surface area contributed by atoms with Crippen LogP contribution >= 0.6 is 0 Å². The van der Waals surface area contributed by atoms with Crippen molar-refractivity contribution in [2.24, 2.45) is 0 Å². The van der Waals surface area contributed by atoms with E-state index in [2.05, 4.69) is 24.1 Å². The molecule has 0 saturated carbocycles. The second kappa shape index (κ2) is 4.85. The molecule has 4 nitrogen and oxygen atoms in total. The van der Waals surface area contributed by atoms with Crippen LogP contribution in [0.15, 0.2) is 30.6 Å². The zero-order chi connectivity index (χ0) is 12.3. The molecule has 0 aromatic carbocycles. The minimum absolute atomic E-state index is 0.0372. The molecule has 2 heterocycles. The molecule has 0 unspecified atom stereocenters. The van der Waals surface area contributed by atoms with Gasteiger partial charge in [0, 0.05) is 31.6 Å². The maximum atomic E-state index is 5.17. The van der Waals surface area contributed by atoms with Crippen LogP contribution in [0.1, 0.15) is 19.5 Å². The first-order chi connectivity index (χ1) is 8.11. The average molecular weight is 233 g/mol. The zero-order valence-electron chi connectivity index (χ0n) is 10.6. The lowest BCUT2D eigenvalue weighted by molar-refractivity contribution is 0.127. The van der Waals surface area contributed by atoms with Crippen LogP contribution in [0.5, 0.6) is 0 Å². The third-order valence-corrected chi connectivity index (χ3v) is 2.67. The van der Waals surface area contributed by atoms with Crippen molar-refractivity contribution in [3.05, 3.63) is 36.3 Å². The minimum Gasteiger partial charge on any atom is -0.383 e. The Morgan fingerprint density at radius 3 is 2.94 bits per heavy atom. The van der Waals surface area contributed by atoms with Gasteiger partial charge >= 0.3 is 0 Å². The lowest BCUT2D eigenvalue weighted by Gasteiger charge is -2.24. The average Bonchev–Trinajstić information content (AvgIpc) is 2.69. The maximum absolute atomic E-state index is 5.17. The van der Waals surface area contributed by atoms with E-state index >= 15 is 0 Å². The third-order valence-electron chi connectivity index (χ3n) is 2.67. The lowest BCUT2D eigenvalue weighted by Crippen LogP contribution is -2.42. The zero-order valence-corrected chi connectivity index (χ0v) is 10.6. The van der Waals surface area contributed by atoms with Crippen molar-refractivity contribution >= 4 is 5.65 Å². The largest absolute Gasteiger partial charge is 0.383 e. The second-order valence-electron chi connectivity index (χ2n) is 4.87. The van der Waals surface area contributed by atoms with Crippen molar-refractivity contribution in [3.63, 3.8) is 0 Å². The number of methoxy groups -OCH3 is 1. The van der Waals surface area contributed by atoms with Crippen LogP contribution in [0.25, 0.3) is 5.65 Å². The lowest BCUT2D eigenvalue weighted by atomic mass is 10.1. The van der Waals surface area contributed by atoms with Gasteiger partial charge in [0.2, 0.25) is 0 Å². The number of fused-ring (bicyclic) bond motifs is 1. The van der Waals surface area contributed by atoms with E-state index in [-0.39, 0.29) is 5.54 Å². The number of imidazole rings is 1. The van der Waals surface area contributed by atoms with Crippen molar-refractivity contribution in [1.29, 1.82) is 0 Å². The number of rotatable bonds is 5. The summed E-state index contributed by atoms with van der Waals surface area (Å²) in [6.45, 7) is 5.66. The molecule has 0 saturated heterocycles. The molecular weight excluding hydrogens is 214 g/mol. The molecule has 0 aliphatic carbocycles. The molecular formula is C13H19N3O. The van der Waals surface area contributed by atoms with E-state index in [1.54, 1.807) is 7.11 Å². The molecule has 0 amide bonds. The van der Waals surface area contributed by atoms with Gasteiger partial charge in [0.15, 0.2) is 0 Å². The van der Waals surface area contributed by atoms with Crippen molar-refractivity contribution < 1.29 is 4.74 Å². The number of hydrogen-bond acceptors (Lipinski definition) is 3. The standard InChI is InChI=1S/C13H19N3O/c1-13(2,10-17-3)14-8-11-9-16-7-5-4-6-12(16)15-11/h4-7,9,14H,8,10H2,1-3H3. The summed E-state index contributed by atoms with van der Waals surface area (Å²) in [7, 11) is 1.72. The van der Waals surface area contributed by atoms with E-state index in [0.717, 1.165) is 17.9 Å². The SMILES string of the molecule is COCC(C)(C)NCc1cn2ccccc2n1. The van der Waals surface area contributed by atoms with Gasteiger partial charge in [-0.25, -0.2) is 4.98 Å². The molecule has 0 fully saturated rings. The molecule has 2 aromatic heterocycles. The van der Waals surface area contributed by atoms with Crippen molar-refractivity contribution in [2.75, 3.05) is 13.7 Å². The highest BCUT2D eigenvalue weighted by Crippen LogP contribution is 2.07. The Balaban J connectivity index is 2.04. The quantitative estimate of drug-likeness (QED) is 0.856. The first kappa shape index (κ1) is 12.1. The van der Waals surface area contributed by atoms with Gasteiger partial charge in [-0.15, -0.1) is 0 Å². The number of nitrogens with one attached hydrogen (secondary N) is 1. The fourth-order valence-corrected chi connectivity index (χ4v) is 1.81. The van der Waals surface area contributed by atoms with Gasteiger partial charge in [-0.1, -0.05) is 6.07 Å². The summed E-state index contributed by atoms with van der Waals surface area (Å²) >= 11 is 0. The molecule has 0 radical (unpaired) electrons. The van der Waals surface area contributed by atoms with E-state index in [0.29, 0.717) is 6.61 Å². The molecule has 1 N–H and O–H groups in total. The summed E-state index contributed by atoms with van der Waals surface area (Å²) in [5.41, 5.74) is 1.99. The molecule has 92 valence electrons. The Hall–Kier alpha value is -1.39. The van der Waals surface area contributed by atoms with E-state index < -0.39 is 0 Å². The van der Waals surface area contributed by atoms with Crippen molar-refractivity contribution in [1.82, 2.24) is 14.7 Å². The first-order valence-electron chi connectivity index (χ1n) is 5.77. The normalized spacial score (nSPS) is 12.2. The fraction of sp³-hybridized carbons (Fsp3) is 0.462. The minimum atomic E-state index is -0.0372. The molecule has 17 heavy (non-hydrogen) atoms. The van der Waals surface area contributed by atoms with Gasteiger partial charge in [0.1, 0.15) is 5.65 Å². The van der Waals surface area contributed by atoms with Crippen LogP contribution in [0.4, 0.5) is 0 Å². The second-order valence-corrected chi connectivity index (χ2v) is 4.87. The predicted molar refractivity (Wildman–Crippen MR) is 68.0 cm³/mol. The van der Waals surface area contributed by atoms with Crippen LogP contribution in [-0.4, -0.2) is 28.6 Å². The summed E-state index contributed by atoms with van der Waals surface area (Å²) in [6.07, 6.45) is 4.05. The van der Waals surface area contributed by atoms with Gasteiger partial charge in [-0.3, -0.25) is 0 Å². The monoisotopic (exact) mass is 233 g/mol. The number of hydrogen-bond donors (Lipinski definition) is 1. The Labute approximate surface area is 102 Å². The molecule has 0 bridgehead atoms. The molecule has 0 atom stereocenters. The van der Waals surface area contributed by atoms with Gasteiger partial charge < -0.3 is 14.5 Å². The topological polar surface area (TPSA) is 38.6 Å². The fourth-order valence-electron chi connectivity index (χ4n) is 1.81. The highest BCUT2D eigenvalue weighted by molar-refractivity contribution is 5.39. The first-order valence-corrected chi connectivity index (χ1v) is 5.77. The Morgan fingerprint density at radius 2 is 2.24 bits per heavy atom. The Morgan fingerprint density at radius 1 is 1.41 bits per heavy atom. The summed E-state index contributed by atoms with van der Waals surface area (Å²) in [6, 6.07) is 6.00.